The summed E-state index contributed by atoms with van der Waals surface area (Å²) in [6, 6.07) is 12.1. The summed E-state index contributed by atoms with van der Waals surface area (Å²) < 4.78 is 7.01. The van der Waals surface area contributed by atoms with Gasteiger partial charge in [-0.2, -0.15) is 5.26 Å². The monoisotopic (exact) mass is 413 g/mol. The molecule has 0 bridgehead atoms. The summed E-state index contributed by atoms with van der Waals surface area (Å²) in [5.74, 6) is 0.755. The molecule has 9 heteroatoms. The maximum absolute atomic E-state index is 12.2. The SMILES string of the molecule is CCOC(=O)c1sc(N)c(C#N)c1CSc1nnc(Cc2ccccc2)n1C. The Hall–Kier alpha value is -2.83. The second-order valence-corrected chi connectivity index (χ2v) is 7.88. The van der Waals surface area contributed by atoms with Crippen LogP contribution in [0.4, 0.5) is 5.00 Å². The third-order valence-corrected chi connectivity index (χ3v) is 6.17. The number of hydrogen-bond acceptors (Lipinski definition) is 8. The molecule has 0 unspecified atom stereocenters. The van der Waals surface area contributed by atoms with Crippen LogP contribution in [0.2, 0.25) is 0 Å². The fraction of sp³-hybridized carbons (Fsp3) is 0.263. The van der Waals surface area contributed by atoms with Gasteiger partial charge in [-0.05, 0) is 12.5 Å². The normalized spacial score (nSPS) is 10.6. The fourth-order valence-corrected chi connectivity index (χ4v) is 4.63. The van der Waals surface area contributed by atoms with Gasteiger partial charge in [0.1, 0.15) is 21.8 Å². The smallest absolute Gasteiger partial charge is 0.348 e. The van der Waals surface area contributed by atoms with Crippen LogP contribution in [0.1, 0.15) is 39.1 Å². The quantitative estimate of drug-likeness (QED) is 0.467. The van der Waals surface area contributed by atoms with Crippen molar-refractivity contribution in [3.05, 3.63) is 57.7 Å². The first-order chi connectivity index (χ1) is 13.5. The lowest BCUT2D eigenvalue weighted by molar-refractivity contribution is 0.0531. The van der Waals surface area contributed by atoms with Crippen LogP contribution in [0.15, 0.2) is 35.5 Å². The number of benzene rings is 1. The predicted molar refractivity (Wildman–Crippen MR) is 109 cm³/mol. The lowest BCUT2D eigenvalue weighted by atomic mass is 10.1. The van der Waals surface area contributed by atoms with Crippen molar-refractivity contribution >= 4 is 34.1 Å². The molecule has 0 atom stereocenters. The van der Waals surface area contributed by atoms with Crippen LogP contribution in [0, 0.1) is 11.3 Å². The van der Waals surface area contributed by atoms with Crippen molar-refractivity contribution in [2.24, 2.45) is 7.05 Å². The van der Waals surface area contributed by atoms with E-state index in [1.54, 1.807) is 6.92 Å². The van der Waals surface area contributed by atoms with E-state index in [1.807, 2.05) is 41.9 Å². The number of thioether (sulfide) groups is 1. The van der Waals surface area contributed by atoms with Gasteiger partial charge in [-0.25, -0.2) is 4.79 Å². The molecule has 0 saturated heterocycles. The summed E-state index contributed by atoms with van der Waals surface area (Å²) in [6.45, 7) is 2.00. The second kappa shape index (κ2) is 8.91. The highest BCUT2D eigenvalue weighted by molar-refractivity contribution is 7.98. The van der Waals surface area contributed by atoms with E-state index in [-0.39, 0.29) is 6.61 Å². The number of nitrogens with two attached hydrogens (primary N) is 1. The summed E-state index contributed by atoms with van der Waals surface area (Å²) >= 11 is 2.49. The maximum Gasteiger partial charge on any atom is 0.348 e. The Morgan fingerprint density at radius 3 is 2.79 bits per heavy atom. The summed E-state index contributed by atoms with van der Waals surface area (Å²) in [6.07, 6.45) is 0.674. The zero-order valence-corrected chi connectivity index (χ0v) is 17.1. The number of ether oxygens (including phenoxy) is 1. The highest BCUT2D eigenvalue weighted by Gasteiger charge is 2.23. The first kappa shape index (κ1) is 19.9. The van der Waals surface area contributed by atoms with E-state index in [0.29, 0.717) is 38.3 Å². The van der Waals surface area contributed by atoms with Gasteiger partial charge in [0.25, 0.3) is 0 Å². The molecule has 0 radical (unpaired) electrons. The first-order valence-electron chi connectivity index (χ1n) is 8.58. The molecular weight excluding hydrogens is 394 g/mol. The molecule has 28 heavy (non-hydrogen) atoms. The van der Waals surface area contributed by atoms with E-state index in [0.717, 1.165) is 22.7 Å². The number of anilines is 1. The van der Waals surface area contributed by atoms with E-state index in [9.17, 15) is 10.1 Å². The van der Waals surface area contributed by atoms with Crippen LogP contribution in [-0.2, 0) is 24.0 Å². The molecule has 1 aromatic carbocycles. The third-order valence-electron chi connectivity index (χ3n) is 4.08. The lowest BCUT2D eigenvalue weighted by Crippen LogP contribution is -2.05. The fourth-order valence-electron chi connectivity index (χ4n) is 2.65. The summed E-state index contributed by atoms with van der Waals surface area (Å²) in [4.78, 5) is 12.6. The average Bonchev–Trinajstić information content (AvgIpc) is 3.20. The Morgan fingerprint density at radius 1 is 1.36 bits per heavy atom. The Bertz CT molecular complexity index is 1020. The maximum atomic E-state index is 12.2. The molecular formula is C19H19N5O2S2. The van der Waals surface area contributed by atoms with E-state index >= 15 is 0 Å². The number of thiophene rings is 1. The number of rotatable bonds is 7. The molecule has 2 heterocycles. The zero-order valence-electron chi connectivity index (χ0n) is 15.5. The van der Waals surface area contributed by atoms with Gasteiger partial charge in [-0.15, -0.1) is 21.5 Å². The highest BCUT2D eigenvalue weighted by Crippen LogP contribution is 2.35. The van der Waals surface area contributed by atoms with Crippen LogP contribution in [0.25, 0.3) is 0 Å². The van der Waals surface area contributed by atoms with Gasteiger partial charge < -0.3 is 15.0 Å². The van der Waals surface area contributed by atoms with Crippen LogP contribution in [0.3, 0.4) is 0 Å². The number of esters is 1. The molecule has 0 saturated carbocycles. The predicted octanol–water partition coefficient (Wildman–Crippen LogP) is 3.39. The largest absolute Gasteiger partial charge is 0.462 e. The summed E-state index contributed by atoms with van der Waals surface area (Å²) in [5.41, 5.74) is 7.98. The molecule has 0 spiro atoms. The molecule has 7 nitrogen and oxygen atoms in total. The Morgan fingerprint density at radius 2 is 2.11 bits per heavy atom. The molecule has 2 N–H and O–H groups in total. The number of nitrogen functional groups attached to an aromatic ring is 1. The molecule has 0 amide bonds. The van der Waals surface area contributed by atoms with Crippen molar-refractivity contribution in [3.63, 3.8) is 0 Å². The zero-order chi connectivity index (χ0) is 20.1. The van der Waals surface area contributed by atoms with Gasteiger partial charge in [0.05, 0.1) is 12.2 Å². The summed E-state index contributed by atoms with van der Waals surface area (Å²) in [7, 11) is 1.90. The minimum atomic E-state index is -0.459. The Kier molecular flexibility index (Phi) is 6.34. The van der Waals surface area contributed by atoms with E-state index < -0.39 is 5.97 Å². The lowest BCUT2D eigenvalue weighted by Gasteiger charge is -2.06. The van der Waals surface area contributed by atoms with Crippen LogP contribution < -0.4 is 5.73 Å². The van der Waals surface area contributed by atoms with Crippen molar-refractivity contribution < 1.29 is 9.53 Å². The number of nitriles is 1. The van der Waals surface area contributed by atoms with E-state index in [1.165, 1.54) is 11.8 Å². The number of aromatic nitrogens is 3. The minimum Gasteiger partial charge on any atom is -0.462 e. The first-order valence-corrected chi connectivity index (χ1v) is 10.4. The van der Waals surface area contributed by atoms with Gasteiger partial charge >= 0.3 is 5.97 Å². The molecule has 0 aliphatic rings. The van der Waals surface area contributed by atoms with Gasteiger partial charge in [-0.1, -0.05) is 42.1 Å². The summed E-state index contributed by atoms with van der Waals surface area (Å²) in [5, 5.41) is 19.0. The standard InChI is InChI=1S/C19H19N5O2S2/c1-3-26-18(25)16-14(13(10-20)17(21)28-16)11-27-19-23-22-15(24(19)2)9-12-7-5-4-6-8-12/h4-8H,3,9,11,21H2,1-2H3. The Balaban J connectivity index is 1.79. The Labute approximate surface area is 171 Å². The van der Waals surface area contributed by atoms with Gasteiger partial charge in [0.15, 0.2) is 5.16 Å². The highest BCUT2D eigenvalue weighted by atomic mass is 32.2. The van der Waals surface area contributed by atoms with Gasteiger partial charge in [-0.3, -0.25) is 0 Å². The number of carbonyl (C=O) groups is 1. The van der Waals surface area contributed by atoms with Crippen LogP contribution in [0.5, 0.6) is 0 Å². The number of hydrogen-bond donors (Lipinski definition) is 1. The molecule has 2 aromatic heterocycles. The van der Waals surface area contributed by atoms with E-state index in [4.69, 9.17) is 10.5 Å². The number of carbonyl (C=O) groups excluding carboxylic acids is 1. The molecule has 0 aliphatic carbocycles. The van der Waals surface area contributed by atoms with Crippen molar-refractivity contribution in [1.29, 1.82) is 5.26 Å². The topological polar surface area (TPSA) is 107 Å². The molecule has 0 fully saturated rings. The average molecular weight is 414 g/mol. The minimum absolute atomic E-state index is 0.261. The molecule has 144 valence electrons. The molecule has 0 aliphatic heterocycles. The van der Waals surface area contributed by atoms with E-state index in [2.05, 4.69) is 16.3 Å². The molecule has 3 rings (SSSR count). The van der Waals surface area contributed by atoms with Crippen molar-refractivity contribution in [1.82, 2.24) is 14.8 Å². The van der Waals surface area contributed by atoms with Crippen molar-refractivity contribution in [2.45, 2.75) is 24.3 Å². The van der Waals surface area contributed by atoms with Crippen molar-refractivity contribution in [3.8, 4) is 6.07 Å². The van der Waals surface area contributed by atoms with Crippen LogP contribution in [-0.4, -0.2) is 27.3 Å². The third kappa shape index (κ3) is 4.18. The molecule has 3 aromatic rings. The van der Waals surface area contributed by atoms with Gasteiger partial charge in [0.2, 0.25) is 0 Å². The van der Waals surface area contributed by atoms with Crippen LogP contribution >= 0.6 is 23.1 Å². The van der Waals surface area contributed by atoms with Gasteiger partial charge in [0, 0.05) is 24.8 Å². The van der Waals surface area contributed by atoms with Crippen molar-refractivity contribution in [2.75, 3.05) is 12.3 Å². The number of nitrogens with zero attached hydrogens (tertiary/aromatic N) is 4. The second-order valence-electron chi connectivity index (χ2n) is 5.89.